The minimum absolute atomic E-state index is 0.249. The van der Waals surface area contributed by atoms with Crippen LogP contribution in [0.2, 0.25) is 0 Å². The van der Waals surface area contributed by atoms with Crippen LogP contribution in [0.25, 0.3) is 0 Å². The molecule has 2 N–H and O–H groups in total. The van der Waals surface area contributed by atoms with Gasteiger partial charge >= 0.3 is 0 Å². The zero-order valence-corrected chi connectivity index (χ0v) is 8.87. The molecule has 2 nitrogen and oxygen atoms in total. The first kappa shape index (κ1) is 9.23. The topological polar surface area (TPSA) is 32.3 Å². The van der Waals surface area contributed by atoms with E-state index in [1.807, 2.05) is 0 Å². The third-order valence-corrected chi connectivity index (χ3v) is 3.16. The Hall–Kier alpha value is -0.330. The summed E-state index contributed by atoms with van der Waals surface area (Å²) < 4.78 is 0. The van der Waals surface area contributed by atoms with Crippen molar-refractivity contribution in [2.24, 2.45) is 0 Å². The quantitative estimate of drug-likeness (QED) is 0.577. The molecule has 0 saturated heterocycles. The van der Waals surface area contributed by atoms with Crippen LogP contribution in [0.4, 0.5) is 0 Å². The fourth-order valence-corrected chi connectivity index (χ4v) is 2.27. The molecule has 3 heteroatoms. The SMILES string of the molecule is OC1CCCNC2=C1C=C(P)CC2. The Morgan fingerprint density at radius 1 is 1.46 bits per heavy atom. The van der Waals surface area contributed by atoms with Crippen molar-refractivity contribution in [3.05, 3.63) is 22.7 Å². The van der Waals surface area contributed by atoms with Crippen LogP contribution in [0.3, 0.4) is 0 Å². The normalized spacial score (nSPS) is 28.8. The molecule has 0 bridgehead atoms. The molecular formula is C10H16NOP. The van der Waals surface area contributed by atoms with E-state index in [1.54, 1.807) is 0 Å². The highest BCUT2D eigenvalue weighted by atomic mass is 31.0. The van der Waals surface area contributed by atoms with Crippen LogP contribution in [0, 0.1) is 0 Å². The molecule has 0 aromatic carbocycles. The number of hydrogen-bond acceptors (Lipinski definition) is 2. The number of nitrogens with one attached hydrogen (secondary N) is 1. The van der Waals surface area contributed by atoms with Crippen molar-refractivity contribution in [3.63, 3.8) is 0 Å². The van der Waals surface area contributed by atoms with Crippen LogP contribution in [0.5, 0.6) is 0 Å². The summed E-state index contributed by atoms with van der Waals surface area (Å²) in [6.45, 7) is 1.01. The molecule has 2 aliphatic rings. The van der Waals surface area contributed by atoms with Gasteiger partial charge in [-0.15, -0.1) is 9.24 Å². The average Bonchev–Trinajstić information content (AvgIpc) is 2.29. The molecule has 0 spiro atoms. The fraction of sp³-hybridized carbons (Fsp3) is 0.600. The largest absolute Gasteiger partial charge is 0.388 e. The van der Waals surface area contributed by atoms with Crippen LogP contribution < -0.4 is 5.32 Å². The second-order valence-electron chi connectivity index (χ2n) is 3.74. The second kappa shape index (κ2) is 3.81. The zero-order chi connectivity index (χ0) is 9.26. The maximum absolute atomic E-state index is 9.85. The van der Waals surface area contributed by atoms with E-state index in [0.29, 0.717) is 0 Å². The summed E-state index contributed by atoms with van der Waals surface area (Å²) in [5, 5.41) is 14.6. The number of hydrogen-bond donors (Lipinski definition) is 2. The molecule has 0 radical (unpaired) electrons. The first-order valence-corrected chi connectivity index (χ1v) is 5.46. The van der Waals surface area contributed by atoms with Crippen LogP contribution in [-0.2, 0) is 0 Å². The summed E-state index contributed by atoms with van der Waals surface area (Å²) in [6, 6.07) is 0. The predicted octanol–water partition coefficient (Wildman–Crippen LogP) is 1.54. The van der Waals surface area contributed by atoms with E-state index in [-0.39, 0.29) is 6.10 Å². The van der Waals surface area contributed by atoms with Crippen molar-refractivity contribution in [2.45, 2.75) is 31.8 Å². The van der Waals surface area contributed by atoms with Crippen LogP contribution in [0.1, 0.15) is 25.7 Å². The Morgan fingerprint density at radius 3 is 3.15 bits per heavy atom. The van der Waals surface area contributed by atoms with Crippen LogP contribution >= 0.6 is 9.24 Å². The summed E-state index contributed by atoms with van der Waals surface area (Å²) in [5.74, 6) is 0. The lowest BCUT2D eigenvalue weighted by molar-refractivity contribution is 0.203. The molecule has 1 heterocycles. The Bertz CT molecular complexity index is 270. The lowest BCUT2D eigenvalue weighted by Gasteiger charge is -2.19. The molecule has 2 unspecified atom stereocenters. The third-order valence-electron chi connectivity index (χ3n) is 2.70. The monoisotopic (exact) mass is 197 g/mol. The fourth-order valence-electron chi connectivity index (χ4n) is 1.95. The zero-order valence-electron chi connectivity index (χ0n) is 7.71. The highest BCUT2D eigenvalue weighted by Gasteiger charge is 2.20. The van der Waals surface area contributed by atoms with E-state index >= 15 is 0 Å². The molecular weight excluding hydrogens is 181 g/mol. The Balaban J connectivity index is 2.29. The van der Waals surface area contributed by atoms with Crippen molar-refractivity contribution < 1.29 is 5.11 Å². The molecule has 0 fully saturated rings. The molecule has 72 valence electrons. The Labute approximate surface area is 81.3 Å². The highest BCUT2D eigenvalue weighted by molar-refractivity contribution is 7.22. The van der Waals surface area contributed by atoms with Gasteiger partial charge in [-0.25, -0.2) is 0 Å². The van der Waals surface area contributed by atoms with Gasteiger partial charge in [0.1, 0.15) is 0 Å². The number of aliphatic hydroxyl groups is 1. The maximum atomic E-state index is 9.85. The highest BCUT2D eigenvalue weighted by Crippen LogP contribution is 2.30. The summed E-state index contributed by atoms with van der Waals surface area (Å²) >= 11 is 0. The van der Waals surface area contributed by atoms with Crippen LogP contribution in [-0.4, -0.2) is 17.8 Å². The molecule has 0 saturated carbocycles. The third kappa shape index (κ3) is 1.95. The molecule has 2 atom stereocenters. The Kier molecular flexibility index (Phi) is 2.71. The van der Waals surface area contributed by atoms with Crippen molar-refractivity contribution in [1.82, 2.24) is 5.32 Å². The van der Waals surface area contributed by atoms with E-state index in [1.165, 1.54) is 11.0 Å². The first-order valence-electron chi connectivity index (χ1n) is 4.88. The van der Waals surface area contributed by atoms with Gasteiger partial charge in [0.2, 0.25) is 0 Å². The maximum Gasteiger partial charge on any atom is 0.0807 e. The van der Waals surface area contributed by atoms with E-state index < -0.39 is 0 Å². The van der Waals surface area contributed by atoms with Gasteiger partial charge in [0.05, 0.1) is 6.10 Å². The van der Waals surface area contributed by atoms with Crippen molar-refractivity contribution in [3.8, 4) is 0 Å². The average molecular weight is 197 g/mol. The van der Waals surface area contributed by atoms with E-state index in [9.17, 15) is 5.11 Å². The smallest absolute Gasteiger partial charge is 0.0807 e. The second-order valence-corrected chi connectivity index (χ2v) is 4.48. The van der Waals surface area contributed by atoms with Crippen molar-refractivity contribution in [2.75, 3.05) is 6.54 Å². The standard InChI is InChI=1S/C10H16NOP/c12-10-2-1-5-11-9-4-3-7(13)6-8(9)10/h6,10-12H,1-5,13H2. The van der Waals surface area contributed by atoms with E-state index in [0.717, 1.165) is 37.8 Å². The van der Waals surface area contributed by atoms with E-state index in [4.69, 9.17) is 0 Å². The van der Waals surface area contributed by atoms with Crippen molar-refractivity contribution in [1.29, 1.82) is 0 Å². The van der Waals surface area contributed by atoms with Crippen LogP contribution in [0.15, 0.2) is 22.7 Å². The number of rotatable bonds is 0. The molecule has 13 heavy (non-hydrogen) atoms. The minimum Gasteiger partial charge on any atom is -0.388 e. The van der Waals surface area contributed by atoms with Gasteiger partial charge < -0.3 is 10.4 Å². The molecule has 2 rings (SSSR count). The van der Waals surface area contributed by atoms with Crippen molar-refractivity contribution >= 4 is 9.24 Å². The van der Waals surface area contributed by atoms with Gasteiger partial charge in [-0.1, -0.05) is 11.4 Å². The first-order chi connectivity index (χ1) is 6.27. The molecule has 1 aliphatic heterocycles. The van der Waals surface area contributed by atoms with Gasteiger partial charge in [0.15, 0.2) is 0 Å². The Morgan fingerprint density at radius 2 is 2.31 bits per heavy atom. The number of aliphatic hydroxyl groups excluding tert-OH is 1. The molecule has 0 aromatic heterocycles. The van der Waals surface area contributed by atoms with Gasteiger partial charge in [-0.2, -0.15) is 0 Å². The lowest BCUT2D eigenvalue weighted by atomic mass is 9.97. The summed E-state index contributed by atoms with van der Waals surface area (Å²) in [4.78, 5) is 0. The van der Waals surface area contributed by atoms with Gasteiger partial charge in [-0.05, 0) is 31.3 Å². The molecule has 1 aliphatic carbocycles. The summed E-state index contributed by atoms with van der Waals surface area (Å²) in [5.41, 5.74) is 2.38. The summed E-state index contributed by atoms with van der Waals surface area (Å²) in [7, 11) is 2.74. The molecule has 0 amide bonds. The van der Waals surface area contributed by atoms with Gasteiger partial charge in [0.25, 0.3) is 0 Å². The number of allylic oxidation sites excluding steroid dienone is 2. The minimum atomic E-state index is -0.249. The van der Waals surface area contributed by atoms with E-state index in [2.05, 4.69) is 20.6 Å². The summed E-state index contributed by atoms with van der Waals surface area (Å²) in [6.07, 6.45) is 5.98. The predicted molar refractivity (Wildman–Crippen MR) is 57.3 cm³/mol. The van der Waals surface area contributed by atoms with Gasteiger partial charge in [0, 0.05) is 12.2 Å². The molecule has 0 aromatic rings. The lowest BCUT2D eigenvalue weighted by Crippen LogP contribution is -2.18. The van der Waals surface area contributed by atoms with Gasteiger partial charge in [-0.3, -0.25) is 0 Å².